The zero-order chi connectivity index (χ0) is 10.6. The summed E-state index contributed by atoms with van der Waals surface area (Å²) in [5, 5.41) is 3.39. The lowest BCUT2D eigenvalue weighted by Gasteiger charge is -2.01. The molecule has 0 aromatic carbocycles. The van der Waals surface area contributed by atoms with Crippen LogP contribution in [0, 0.1) is 0 Å². The zero-order valence-corrected chi connectivity index (χ0v) is 9.36. The number of hydrogen-bond donors (Lipinski definition) is 2. The summed E-state index contributed by atoms with van der Waals surface area (Å²) in [7, 11) is -2.92. The Balaban J connectivity index is 2.36. The fourth-order valence-electron chi connectivity index (χ4n) is 0.764. The number of rotatable bonds is 5. The number of anilines is 2. The van der Waals surface area contributed by atoms with E-state index in [1.165, 1.54) is 0 Å². The molecule has 0 saturated heterocycles. The van der Waals surface area contributed by atoms with Crippen LogP contribution in [0.5, 0.6) is 0 Å². The molecular formula is C6H12N4O2S2. The van der Waals surface area contributed by atoms with Gasteiger partial charge in [0.2, 0.25) is 11.1 Å². The summed E-state index contributed by atoms with van der Waals surface area (Å²) >= 11 is 1.12. The van der Waals surface area contributed by atoms with Crippen LogP contribution in [0.3, 0.4) is 0 Å². The average molecular weight is 236 g/mol. The summed E-state index contributed by atoms with van der Waals surface area (Å²) in [6, 6.07) is 0. The highest BCUT2D eigenvalue weighted by molar-refractivity contribution is 7.91. The summed E-state index contributed by atoms with van der Waals surface area (Å²) in [5.41, 5.74) is 5.29. The average Bonchev–Trinajstić information content (AvgIpc) is 2.51. The topological polar surface area (TPSA) is 98.0 Å². The van der Waals surface area contributed by atoms with Crippen molar-refractivity contribution in [3.8, 4) is 0 Å². The monoisotopic (exact) mass is 236 g/mol. The Labute approximate surface area is 86.6 Å². The molecule has 1 rings (SSSR count). The smallest absolute Gasteiger partial charge is 0.233 e. The van der Waals surface area contributed by atoms with Gasteiger partial charge in [-0.25, -0.2) is 8.42 Å². The minimum absolute atomic E-state index is 0.100. The first-order valence-electron chi connectivity index (χ1n) is 4.07. The molecular weight excluding hydrogens is 224 g/mol. The van der Waals surface area contributed by atoms with E-state index < -0.39 is 9.84 Å². The Hall–Kier alpha value is -0.890. The van der Waals surface area contributed by atoms with Gasteiger partial charge in [0.1, 0.15) is 0 Å². The van der Waals surface area contributed by atoms with Gasteiger partial charge >= 0.3 is 0 Å². The third kappa shape index (κ3) is 3.46. The maximum Gasteiger partial charge on any atom is 0.233 e. The molecule has 3 N–H and O–H groups in total. The SMILES string of the molecule is CCS(=O)(=O)CCNc1nc(N)ns1. The molecule has 14 heavy (non-hydrogen) atoms. The lowest BCUT2D eigenvalue weighted by molar-refractivity contribution is 0.597. The minimum Gasteiger partial charge on any atom is -0.367 e. The molecule has 1 aromatic heterocycles. The maximum absolute atomic E-state index is 11.1. The first-order chi connectivity index (χ1) is 6.53. The van der Waals surface area contributed by atoms with Crippen molar-refractivity contribution >= 4 is 32.4 Å². The molecule has 0 spiro atoms. The highest BCUT2D eigenvalue weighted by Crippen LogP contribution is 2.10. The zero-order valence-electron chi connectivity index (χ0n) is 7.73. The Morgan fingerprint density at radius 1 is 1.57 bits per heavy atom. The number of nitrogens with one attached hydrogen (secondary N) is 1. The van der Waals surface area contributed by atoms with Gasteiger partial charge in [0.05, 0.1) is 5.75 Å². The molecule has 0 atom stereocenters. The highest BCUT2D eigenvalue weighted by atomic mass is 32.2. The fourth-order valence-corrected chi connectivity index (χ4v) is 1.99. The first kappa shape index (κ1) is 11.2. The van der Waals surface area contributed by atoms with Gasteiger partial charge in [0.25, 0.3) is 0 Å². The van der Waals surface area contributed by atoms with E-state index in [1.807, 2.05) is 0 Å². The van der Waals surface area contributed by atoms with Crippen LogP contribution in [0.25, 0.3) is 0 Å². The van der Waals surface area contributed by atoms with E-state index in [1.54, 1.807) is 6.92 Å². The van der Waals surface area contributed by atoms with E-state index in [-0.39, 0.29) is 17.5 Å². The summed E-state index contributed by atoms with van der Waals surface area (Å²) in [4.78, 5) is 3.84. The Bertz CT molecular complexity index is 386. The van der Waals surface area contributed by atoms with Gasteiger partial charge in [-0.3, -0.25) is 0 Å². The molecule has 0 aliphatic carbocycles. The van der Waals surface area contributed by atoms with Crippen molar-refractivity contribution in [3.63, 3.8) is 0 Å². The molecule has 8 heteroatoms. The fraction of sp³-hybridized carbons (Fsp3) is 0.667. The summed E-state index contributed by atoms with van der Waals surface area (Å²) in [6.45, 7) is 1.96. The van der Waals surface area contributed by atoms with Crippen LogP contribution in [0.1, 0.15) is 6.92 Å². The maximum atomic E-state index is 11.1. The molecule has 1 aromatic rings. The molecule has 0 aliphatic heterocycles. The number of aromatic nitrogens is 2. The highest BCUT2D eigenvalue weighted by Gasteiger charge is 2.07. The van der Waals surface area contributed by atoms with Crippen molar-refractivity contribution in [1.29, 1.82) is 0 Å². The van der Waals surface area contributed by atoms with Crippen molar-refractivity contribution in [3.05, 3.63) is 0 Å². The van der Waals surface area contributed by atoms with Gasteiger partial charge in [-0.15, -0.1) is 0 Å². The Morgan fingerprint density at radius 3 is 2.79 bits per heavy atom. The molecule has 0 fully saturated rings. The van der Waals surface area contributed by atoms with E-state index >= 15 is 0 Å². The second-order valence-corrected chi connectivity index (χ2v) is 5.85. The van der Waals surface area contributed by atoms with Crippen LogP contribution < -0.4 is 11.1 Å². The van der Waals surface area contributed by atoms with E-state index in [0.717, 1.165) is 11.5 Å². The lowest BCUT2D eigenvalue weighted by Crippen LogP contribution is -2.17. The largest absolute Gasteiger partial charge is 0.367 e. The third-order valence-electron chi connectivity index (χ3n) is 1.57. The van der Waals surface area contributed by atoms with Gasteiger partial charge in [-0.05, 0) is 0 Å². The number of nitrogen functional groups attached to an aromatic ring is 1. The predicted molar refractivity (Wildman–Crippen MR) is 57.1 cm³/mol. The van der Waals surface area contributed by atoms with Gasteiger partial charge in [-0.2, -0.15) is 9.36 Å². The van der Waals surface area contributed by atoms with Crippen molar-refractivity contribution in [2.75, 3.05) is 29.1 Å². The standard InChI is InChI=1S/C6H12N4O2S2/c1-2-14(11,12)4-3-8-6-9-5(7)10-13-6/h2-4H2,1H3,(H3,7,8,9,10). The van der Waals surface area contributed by atoms with E-state index in [0.29, 0.717) is 11.7 Å². The summed E-state index contributed by atoms with van der Waals surface area (Å²) in [5.74, 6) is 0.464. The van der Waals surface area contributed by atoms with Crippen LogP contribution in [0.2, 0.25) is 0 Å². The molecule has 0 radical (unpaired) electrons. The molecule has 0 saturated carbocycles. The van der Waals surface area contributed by atoms with Crippen molar-refractivity contribution in [2.24, 2.45) is 0 Å². The molecule has 0 bridgehead atoms. The first-order valence-corrected chi connectivity index (χ1v) is 6.66. The van der Waals surface area contributed by atoms with Gasteiger partial charge < -0.3 is 11.1 Å². The normalized spacial score (nSPS) is 11.5. The minimum atomic E-state index is -2.92. The predicted octanol–water partition coefficient (Wildman–Crippen LogP) is -0.0331. The van der Waals surface area contributed by atoms with Crippen molar-refractivity contribution < 1.29 is 8.42 Å². The van der Waals surface area contributed by atoms with Crippen LogP contribution in [-0.2, 0) is 9.84 Å². The molecule has 0 unspecified atom stereocenters. The summed E-state index contributed by atoms with van der Waals surface area (Å²) < 4.78 is 25.9. The molecule has 0 aliphatic rings. The Morgan fingerprint density at radius 2 is 2.29 bits per heavy atom. The summed E-state index contributed by atoms with van der Waals surface area (Å²) in [6.07, 6.45) is 0. The van der Waals surface area contributed by atoms with Crippen LogP contribution in [-0.4, -0.2) is 35.8 Å². The quantitative estimate of drug-likeness (QED) is 0.745. The molecule has 1 heterocycles. The second kappa shape index (κ2) is 4.56. The van der Waals surface area contributed by atoms with Gasteiger partial charge in [-0.1, -0.05) is 6.92 Å². The lowest BCUT2D eigenvalue weighted by atomic mass is 10.7. The van der Waals surface area contributed by atoms with E-state index in [2.05, 4.69) is 14.7 Å². The van der Waals surface area contributed by atoms with E-state index in [4.69, 9.17) is 5.73 Å². The van der Waals surface area contributed by atoms with Gasteiger partial charge in [0.15, 0.2) is 9.84 Å². The number of nitrogens with two attached hydrogens (primary N) is 1. The Kier molecular flexibility index (Phi) is 3.64. The number of sulfone groups is 1. The third-order valence-corrected chi connectivity index (χ3v) is 3.96. The van der Waals surface area contributed by atoms with Gasteiger partial charge in [0, 0.05) is 23.8 Å². The molecule has 80 valence electrons. The van der Waals surface area contributed by atoms with Crippen LogP contribution in [0.4, 0.5) is 11.1 Å². The van der Waals surface area contributed by atoms with Crippen LogP contribution in [0.15, 0.2) is 0 Å². The second-order valence-electron chi connectivity index (χ2n) is 2.62. The molecule has 6 nitrogen and oxygen atoms in total. The molecule has 0 amide bonds. The van der Waals surface area contributed by atoms with E-state index in [9.17, 15) is 8.42 Å². The van der Waals surface area contributed by atoms with Crippen molar-refractivity contribution in [2.45, 2.75) is 6.92 Å². The number of nitrogens with zero attached hydrogens (tertiary/aromatic N) is 2. The number of hydrogen-bond acceptors (Lipinski definition) is 7. The van der Waals surface area contributed by atoms with Crippen molar-refractivity contribution in [1.82, 2.24) is 9.36 Å². The van der Waals surface area contributed by atoms with Crippen LogP contribution >= 0.6 is 11.5 Å².